The van der Waals surface area contributed by atoms with Gasteiger partial charge in [0.05, 0.1) is 28.9 Å². The largest absolute Gasteiger partial charge is 0.481 e. The van der Waals surface area contributed by atoms with Crippen molar-refractivity contribution in [2.45, 2.75) is 19.9 Å². The number of anilines is 1. The van der Waals surface area contributed by atoms with Gasteiger partial charge in [0, 0.05) is 38.5 Å². The Morgan fingerprint density at radius 3 is 2.72 bits per heavy atom. The van der Waals surface area contributed by atoms with Gasteiger partial charge in [0.2, 0.25) is 5.88 Å². The second-order valence-electron chi connectivity index (χ2n) is 5.33. The number of nitro benzene ring substituents is 1. The lowest BCUT2D eigenvalue weighted by Crippen LogP contribution is -2.20. The molecule has 0 spiro atoms. The molecule has 0 bridgehead atoms. The molecule has 2 N–H and O–H groups in total. The summed E-state index contributed by atoms with van der Waals surface area (Å²) in [5.74, 6) is 0.229. The number of carbonyl (C=O) groups excluding carboxylic acids is 1. The van der Waals surface area contributed by atoms with Gasteiger partial charge in [0.15, 0.2) is 0 Å². The van der Waals surface area contributed by atoms with Gasteiger partial charge >= 0.3 is 0 Å². The number of hydrogen-bond acceptors (Lipinski definition) is 6. The molecule has 0 radical (unpaired) electrons. The molecule has 0 aliphatic carbocycles. The lowest BCUT2D eigenvalue weighted by molar-refractivity contribution is -0.384. The molecule has 2 rings (SSSR count). The van der Waals surface area contributed by atoms with Crippen molar-refractivity contribution < 1.29 is 14.5 Å². The maximum absolute atomic E-state index is 12.1. The van der Waals surface area contributed by atoms with Gasteiger partial charge in [-0.05, 0) is 12.5 Å². The Morgan fingerprint density at radius 1 is 1.44 bits per heavy atom. The molecule has 1 aromatic heterocycles. The summed E-state index contributed by atoms with van der Waals surface area (Å²) in [6.45, 7) is 2.37. The van der Waals surface area contributed by atoms with E-state index in [-0.39, 0.29) is 11.3 Å². The maximum atomic E-state index is 12.1. The normalized spacial score (nSPS) is 10.4. The maximum Gasteiger partial charge on any atom is 0.270 e. The van der Waals surface area contributed by atoms with Crippen LogP contribution < -0.4 is 15.4 Å². The second kappa shape index (κ2) is 7.65. The van der Waals surface area contributed by atoms with E-state index < -0.39 is 10.8 Å². The summed E-state index contributed by atoms with van der Waals surface area (Å²) in [5, 5.41) is 21.0. The van der Waals surface area contributed by atoms with Crippen LogP contribution in [-0.2, 0) is 20.0 Å². The molecule has 134 valence electrons. The molecule has 0 saturated carbocycles. The average Bonchev–Trinajstić information content (AvgIpc) is 2.93. The average molecular weight is 347 g/mol. The molecule has 0 saturated heterocycles. The molecule has 2 aromatic rings. The molecule has 1 amide bonds. The number of hydrogen-bond donors (Lipinski definition) is 2. The first-order valence-corrected chi connectivity index (χ1v) is 7.76. The van der Waals surface area contributed by atoms with Crippen molar-refractivity contribution in [3.05, 3.63) is 45.1 Å². The Kier molecular flexibility index (Phi) is 5.58. The zero-order valence-corrected chi connectivity index (χ0v) is 14.6. The molecule has 1 aromatic carbocycles. The highest BCUT2D eigenvalue weighted by atomic mass is 16.6. The minimum atomic E-state index is -0.532. The van der Waals surface area contributed by atoms with Gasteiger partial charge in [-0.3, -0.25) is 14.9 Å². The third-order valence-electron chi connectivity index (χ3n) is 3.84. The van der Waals surface area contributed by atoms with Crippen LogP contribution >= 0.6 is 0 Å². The van der Waals surface area contributed by atoms with Crippen LogP contribution in [0.15, 0.2) is 18.2 Å². The van der Waals surface area contributed by atoms with E-state index in [9.17, 15) is 14.9 Å². The summed E-state index contributed by atoms with van der Waals surface area (Å²) >= 11 is 0. The highest BCUT2D eigenvalue weighted by Gasteiger charge is 2.19. The number of rotatable bonds is 7. The zero-order valence-electron chi connectivity index (χ0n) is 14.6. The van der Waals surface area contributed by atoms with Crippen LogP contribution in [0.3, 0.4) is 0 Å². The molecule has 0 aliphatic heterocycles. The van der Waals surface area contributed by atoms with E-state index in [4.69, 9.17) is 4.74 Å². The molecular weight excluding hydrogens is 326 g/mol. The van der Waals surface area contributed by atoms with Crippen LogP contribution in [0.4, 0.5) is 11.4 Å². The SMILES string of the molecule is CCc1nn(C)c(OC)c1CNc1ccc([N+](=O)[O-])cc1C(=O)NC. The monoisotopic (exact) mass is 347 g/mol. The summed E-state index contributed by atoms with van der Waals surface area (Å²) in [4.78, 5) is 22.5. The number of carbonyl (C=O) groups is 1. The summed E-state index contributed by atoms with van der Waals surface area (Å²) in [6.07, 6.45) is 0.733. The van der Waals surface area contributed by atoms with Gasteiger partial charge in [-0.1, -0.05) is 6.92 Å². The molecule has 0 unspecified atom stereocenters. The molecule has 0 aliphatic rings. The number of aromatic nitrogens is 2. The van der Waals surface area contributed by atoms with Gasteiger partial charge < -0.3 is 15.4 Å². The Hall–Kier alpha value is -3.10. The van der Waals surface area contributed by atoms with E-state index >= 15 is 0 Å². The van der Waals surface area contributed by atoms with E-state index in [0.29, 0.717) is 18.1 Å². The fourth-order valence-corrected chi connectivity index (χ4v) is 2.63. The minimum Gasteiger partial charge on any atom is -0.481 e. The van der Waals surface area contributed by atoms with Crippen molar-refractivity contribution in [2.24, 2.45) is 7.05 Å². The van der Waals surface area contributed by atoms with Crippen LogP contribution in [0.2, 0.25) is 0 Å². The molecule has 0 fully saturated rings. The van der Waals surface area contributed by atoms with Crippen LogP contribution in [0.1, 0.15) is 28.5 Å². The van der Waals surface area contributed by atoms with Crippen molar-refractivity contribution in [1.29, 1.82) is 0 Å². The number of nitro groups is 1. The third kappa shape index (κ3) is 3.70. The van der Waals surface area contributed by atoms with Crippen LogP contribution in [0.25, 0.3) is 0 Å². The van der Waals surface area contributed by atoms with Crippen LogP contribution in [0.5, 0.6) is 5.88 Å². The summed E-state index contributed by atoms with van der Waals surface area (Å²) in [7, 11) is 4.84. The number of non-ortho nitro benzene ring substituents is 1. The number of benzene rings is 1. The van der Waals surface area contributed by atoms with E-state index in [1.165, 1.54) is 25.2 Å². The van der Waals surface area contributed by atoms with Crippen molar-refractivity contribution >= 4 is 17.3 Å². The quantitative estimate of drug-likeness (QED) is 0.584. The minimum absolute atomic E-state index is 0.141. The molecule has 1 heterocycles. The van der Waals surface area contributed by atoms with E-state index in [1.54, 1.807) is 18.8 Å². The van der Waals surface area contributed by atoms with Crippen molar-refractivity contribution in [3.63, 3.8) is 0 Å². The topological polar surface area (TPSA) is 111 Å². The Morgan fingerprint density at radius 2 is 2.16 bits per heavy atom. The number of ether oxygens (including phenoxy) is 1. The second-order valence-corrected chi connectivity index (χ2v) is 5.33. The molecule has 9 nitrogen and oxygen atoms in total. The number of methoxy groups -OCH3 is 1. The fourth-order valence-electron chi connectivity index (χ4n) is 2.63. The number of nitrogens with zero attached hydrogens (tertiary/aromatic N) is 3. The zero-order chi connectivity index (χ0) is 18.6. The molecule has 25 heavy (non-hydrogen) atoms. The predicted octanol–water partition coefficient (Wildman–Crippen LogP) is 1.87. The summed E-state index contributed by atoms with van der Waals surface area (Å²) in [6, 6.07) is 4.13. The Bertz CT molecular complexity index is 800. The third-order valence-corrected chi connectivity index (χ3v) is 3.84. The van der Waals surface area contributed by atoms with Crippen molar-refractivity contribution in [2.75, 3.05) is 19.5 Å². The highest BCUT2D eigenvalue weighted by molar-refractivity contribution is 6.00. The van der Waals surface area contributed by atoms with Crippen molar-refractivity contribution in [3.8, 4) is 5.88 Å². The van der Waals surface area contributed by atoms with Gasteiger partial charge in [-0.2, -0.15) is 5.10 Å². The summed E-state index contributed by atoms with van der Waals surface area (Å²) in [5.41, 5.74) is 2.33. The standard InChI is InChI=1S/C16H21N5O4/c1-5-13-12(16(25-4)20(3)19-13)9-18-14-7-6-10(21(23)24)8-11(14)15(22)17-2/h6-8,18H,5,9H2,1-4H3,(H,17,22). The molecular formula is C16H21N5O4. The number of amides is 1. The van der Waals surface area contributed by atoms with E-state index in [0.717, 1.165) is 17.7 Å². The predicted molar refractivity (Wildman–Crippen MR) is 93.0 cm³/mol. The number of nitrogens with one attached hydrogen (secondary N) is 2. The van der Waals surface area contributed by atoms with Gasteiger partial charge in [-0.25, -0.2) is 4.68 Å². The molecule has 0 atom stereocenters. The fraction of sp³-hybridized carbons (Fsp3) is 0.375. The Labute approximate surface area is 145 Å². The summed E-state index contributed by atoms with van der Waals surface area (Å²) < 4.78 is 7.05. The molecule has 9 heteroatoms. The Balaban J connectivity index is 2.35. The lowest BCUT2D eigenvalue weighted by atomic mass is 10.1. The lowest BCUT2D eigenvalue weighted by Gasteiger charge is -2.12. The van der Waals surface area contributed by atoms with Crippen molar-refractivity contribution in [1.82, 2.24) is 15.1 Å². The van der Waals surface area contributed by atoms with Gasteiger partial charge in [-0.15, -0.1) is 0 Å². The first-order chi connectivity index (χ1) is 11.9. The smallest absolute Gasteiger partial charge is 0.270 e. The van der Waals surface area contributed by atoms with E-state index in [1.807, 2.05) is 6.92 Å². The van der Waals surface area contributed by atoms with E-state index in [2.05, 4.69) is 15.7 Å². The van der Waals surface area contributed by atoms with Gasteiger partial charge in [0.1, 0.15) is 0 Å². The van der Waals surface area contributed by atoms with Gasteiger partial charge in [0.25, 0.3) is 11.6 Å². The first kappa shape index (κ1) is 18.2. The van der Waals surface area contributed by atoms with Crippen LogP contribution in [0, 0.1) is 10.1 Å². The first-order valence-electron chi connectivity index (χ1n) is 7.76. The highest BCUT2D eigenvalue weighted by Crippen LogP contribution is 2.26. The van der Waals surface area contributed by atoms with Crippen LogP contribution in [-0.4, -0.2) is 34.8 Å². The number of aryl methyl sites for hydroxylation is 2.